The highest BCUT2D eigenvalue weighted by molar-refractivity contribution is 7.10. The van der Waals surface area contributed by atoms with E-state index in [0.717, 1.165) is 6.54 Å². The van der Waals surface area contributed by atoms with E-state index in [1.54, 1.807) is 0 Å². The number of likely N-dealkylation sites (tertiary alicyclic amines) is 1. The van der Waals surface area contributed by atoms with E-state index in [2.05, 4.69) is 65.1 Å². The molecule has 0 saturated carbocycles. The van der Waals surface area contributed by atoms with Gasteiger partial charge >= 0.3 is 0 Å². The number of piperidine rings is 1. The Morgan fingerprint density at radius 1 is 1.04 bits per heavy atom. The van der Waals surface area contributed by atoms with Crippen LogP contribution in [0.25, 0.3) is 10.9 Å². The molecular formula is C21H26N2S. The molecule has 0 amide bonds. The first-order chi connectivity index (χ1) is 11.8. The van der Waals surface area contributed by atoms with E-state index in [9.17, 15) is 0 Å². The van der Waals surface area contributed by atoms with Crippen molar-refractivity contribution < 1.29 is 0 Å². The normalized spacial score (nSPS) is 17.4. The highest BCUT2D eigenvalue weighted by Gasteiger charge is 2.29. The average molecular weight is 339 g/mol. The van der Waals surface area contributed by atoms with Crippen LogP contribution in [0.5, 0.6) is 0 Å². The van der Waals surface area contributed by atoms with Crippen LogP contribution in [-0.4, -0.2) is 22.6 Å². The second kappa shape index (κ2) is 6.73. The second-order valence-corrected chi connectivity index (χ2v) is 7.75. The van der Waals surface area contributed by atoms with Crippen LogP contribution in [0.2, 0.25) is 0 Å². The second-order valence-electron chi connectivity index (χ2n) is 6.78. The molecule has 1 aliphatic rings. The molecule has 126 valence electrons. The van der Waals surface area contributed by atoms with Gasteiger partial charge in [-0.15, -0.1) is 11.3 Å². The first-order valence-electron chi connectivity index (χ1n) is 9.16. The molecule has 3 heterocycles. The van der Waals surface area contributed by atoms with E-state index in [4.69, 9.17) is 0 Å². The van der Waals surface area contributed by atoms with Gasteiger partial charge < -0.3 is 4.57 Å². The number of aryl methyl sites for hydroxylation is 1. The first kappa shape index (κ1) is 15.9. The van der Waals surface area contributed by atoms with Crippen molar-refractivity contribution in [3.63, 3.8) is 0 Å². The van der Waals surface area contributed by atoms with Crippen molar-refractivity contribution in [3.05, 3.63) is 57.9 Å². The van der Waals surface area contributed by atoms with Crippen LogP contribution in [0.3, 0.4) is 0 Å². The number of hydrogen-bond donors (Lipinski definition) is 0. The molecule has 4 rings (SSSR count). The fourth-order valence-corrected chi connectivity index (χ4v) is 5.21. The molecule has 3 heteroatoms. The van der Waals surface area contributed by atoms with Gasteiger partial charge in [0.15, 0.2) is 0 Å². The Labute approximate surface area is 148 Å². The predicted molar refractivity (Wildman–Crippen MR) is 104 cm³/mol. The summed E-state index contributed by atoms with van der Waals surface area (Å²) in [5, 5.41) is 3.65. The molecule has 0 bridgehead atoms. The lowest BCUT2D eigenvalue weighted by Gasteiger charge is -2.34. The molecule has 24 heavy (non-hydrogen) atoms. The van der Waals surface area contributed by atoms with Crippen LogP contribution in [0.15, 0.2) is 41.8 Å². The smallest absolute Gasteiger partial charge is 0.0719 e. The maximum absolute atomic E-state index is 2.71. The van der Waals surface area contributed by atoms with Crippen LogP contribution < -0.4 is 0 Å². The zero-order valence-corrected chi connectivity index (χ0v) is 15.5. The van der Waals surface area contributed by atoms with Gasteiger partial charge in [-0.2, -0.15) is 0 Å². The summed E-state index contributed by atoms with van der Waals surface area (Å²) in [7, 11) is 0. The van der Waals surface area contributed by atoms with Gasteiger partial charge in [0.25, 0.3) is 0 Å². The van der Waals surface area contributed by atoms with E-state index >= 15 is 0 Å². The summed E-state index contributed by atoms with van der Waals surface area (Å²) < 4.78 is 2.48. The first-order valence-corrected chi connectivity index (χ1v) is 10.0. The molecule has 1 atom stereocenters. The summed E-state index contributed by atoms with van der Waals surface area (Å²) in [6, 6.07) is 13.9. The number of aromatic nitrogens is 1. The largest absolute Gasteiger partial charge is 0.345 e. The fraction of sp³-hybridized carbons (Fsp3) is 0.429. The van der Waals surface area contributed by atoms with Crippen molar-refractivity contribution >= 4 is 22.2 Å². The lowest BCUT2D eigenvalue weighted by molar-refractivity contribution is 0.189. The number of benzene rings is 1. The average Bonchev–Trinajstić information content (AvgIpc) is 3.24. The minimum atomic E-state index is 0.406. The van der Waals surface area contributed by atoms with Crippen molar-refractivity contribution in [2.75, 3.05) is 13.1 Å². The molecule has 2 aromatic heterocycles. The number of nitrogens with zero attached hydrogens (tertiary/aromatic N) is 2. The Balaban J connectivity index is 1.92. The number of para-hydroxylation sites is 1. The van der Waals surface area contributed by atoms with Crippen molar-refractivity contribution in [3.8, 4) is 0 Å². The predicted octanol–water partition coefficient (Wildman–Crippen LogP) is 5.61. The lowest BCUT2D eigenvalue weighted by atomic mass is 9.97. The lowest BCUT2D eigenvalue weighted by Crippen LogP contribution is -2.34. The number of hydrogen-bond acceptors (Lipinski definition) is 2. The van der Waals surface area contributed by atoms with E-state index in [1.807, 2.05) is 11.3 Å². The summed E-state index contributed by atoms with van der Waals surface area (Å²) in [4.78, 5) is 4.20. The van der Waals surface area contributed by atoms with Crippen LogP contribution in [0, 0.1) is 6.92 Å². The highest BCUT2D eigenvalue weighted by atomic mass is 32.1. The molecule has 0 radical (unpaired) electrons. The van der Waals surface area contributed by atoms with Gasteiger partial charge in [0, 0.05) is 33.6 Å². The fourth-order valence-electron chi connectivity index (χ4n) is 4.34. The quantitative estimate of drug-likeness (QED) is 0.600. The van der Waals surface area contributed by atoms with E-state index in [1.165, 1.54) is 59.4 Å². The van der Waals surface area contributed by atoms with Gasteiger partial charge in [0.1, 0.15) is 0 Å². The minimum absolute atomic E-state index is 0.406. The summed E-state index contributed by atoms with van der Waals surface area (Å²) in [6.07, 6.45) is 4.03. The number of rotatable bonds is 4. The molecular weight excluding hydrogens is 312 g/mol. The summed E-state index contributed by atoms with van der Waals surface area (Å²) in [6.45, 7) is 8.03. The zero-order chi connectivity index (χ0) is 16.5. The van der Waals surface area contributed by atoms with Gasteiger partial charge in [-0.1, -0.05) is 30.7 Å². The Hall–Kier alpha value is -1.58. The SMILES string of the molecule is CCn1c(C)c(C(c2cccs2)N2CCCCC2)c2ccccc21. The maximum Gasteiger partial charge on any atom is 0.0719 e. The third kappa shape index (κ3) is 2.60. The van der Waals surface area contributed by atoms with Gasteiger partial charge in [0.2, 0.25) is 0 Å². The Morgan fingerprint density at radius 3 is 2.54 bits per heavy atom. The van der Waals surface area contributed by atoms with Gasteiger partial charge in [-0.3, -0.25) is 4.90 Å². The summed E-state index contributed by atoms with van der Waals surface area (Å²) in [5.41, 5.74) is 4.34. The van der Waals surface area contributed by atoms with E-state index in [0.29, 0.717) is 6.04 Å². The monoisotopic (exact) mass is 338 g/mol. The summed E-state index contributed by atoms with van der Waals surface area (Å²) in [5.74, 6) is 0. The van der Waals surface area contributed by atoms with Crippen LogP contribution >= 0.6 is 11.3 Å². The Morgan fingerprint density at radius 2 is 1.83 bits per heavy atom. The third-order valence-corrected chi connectivity index (χ3v) is 6.36. The number of thiophene rings is 1. The molecule has 0 spiro atoms. The molecule has 1 aromatic carbocycles. The Kier molecular flexibility index (Phi) is 4.47. The van der Waals surface area contributed by atoms with Crippen molar-refractivity contribution in [2.45, 2.75) is 45.7 Å². The highest BCUT2D eigenvalue weighted by Crippen LogP contribution is 2.40. The molecule has 3 aromatic rings. The van der Waals surface area contributed by atoms with Gasteiger partial charge in [-0.25, -0.2) is 0 Å². The molecule has 0 N–H and O–H groups in total. The molecule has 1 aliphatic heterocycles. The van der Waals surface area contributed by atoms with E-state index in [-0.39, 0.29) is 0 Å². The van der Waals surface area contributed by atoms with Crippen molar-refractivity contribution in [1.82, 2.24) is 9.47 Å². The molecule has 1 saturated heterocycles. The Bertz CT molecular complexity index is 810. The third-order valence-electron chi connectivity index (χ3n) is 5.44. The van der Waals surface area contributed by atoms with Crippen LogP contribution in [0.1, 0.15) is 48.4 Å². The van der Waals surface area contributed by atoms with Crippen molar-refractivity contribution in [1.29, 1.82) is 0 Å². The molecule has 1 unspecified atom stereocenters. The molecule has 1 fully saturated rings. The van der Waals surface area contributed by atoms with E-state index < -0.39 is 0 Å². The molecule has 2 nitrogen and oxygen atoms in total. The zero-order valence-electron chi connectivity index (χ0n) is 14.7. The van der Waals surface area contributed by atoms with Gasteiger partial charge in [-0.05, 0) is 57.3 Å². The van der Waals surface area contributed by atoms with Crippen molar-refractivity contribution in [2.24, 2.45) is 0 Å². The molecule has 0 aliphatic carbocycles. The van der Waals surface area contributed by atoms with Crippen LogP contribution in [-0.2, 0) is 6.54 Å². The standard InChI is InChI=1S/C21H26N2S/c1-3-23-16(2)20(17-10-5-6-11-18(17)23)21(19-12-9-15-24-19)22-13-7-4-8-14-22/h5-6,9-12,15,21H,3-4,7-8,13-14H2,1-2H3. The minimum Gasteiger partial charge on any atom is -0.345 e. The van der Waals surface area contributed by atoms with Gasteiger partial charge in [0.05, 0.1) is 6.04 Å². The maximum atomic E-state index is 2.71. The number of fused-ring (bicyclic) bond motifs is 1. The topological polar surface area (TPSA) is 8.17 Å². The van der Waals surface area contributed by atoms with Crippen LogP contribution in [0.4, 0.5) is 0 Å². The summed E-state index contributed by atoms with van der Waals surface area (Å²) >= 11 is 1.90.